The molecule has 1 heterocycles. The highest BCUT2D eigenvalue weighted by Gasteiger charge is 2.52. The first-order valence-electron chi connectivity index (χ1n) is 7.10. The zero-order chi connectivity index (χ0) is 15.8. The number of hydrogen-bond acceptors (Lipinski definition) is 3. The molecule has 1 fully saturated rings. The van der Waals surface area contributed by atoms with Crippen molar-refractivity contribution in [3.05, 3.63) is 40.6 Å². The van der Waals surface area contributed by atoms with E-state index in [2.05, 4.69) is 0 Å². The summed E-state index contributed by atoms with van der Waals surface area (Å²) in [4.78, 5) is 0. The van der Waals surface area contributed by atoms with Crippen LogP contribution in [0.25, 0.3) is 6.08 Å². The Hall–Kier alpha value is -1.17. The predicted octanol–water partition coefficient (Wildman–Crippen LogP) is 3.14. The first-order chi connectivity index (χ1) is 9.68. The van der Waals surface area contributed by atoms with Gasteiger partial charge in [0.05, 0.1) is 17.8 Å². The number of aliphatic hydroxyl groups excluding tert-OH is 1. The van der Waals surface area contributed by atoms with Crippen molar-refractivity contribution in [3.63, 3.8) is 0 Å². The fourth-order valence-electron chi connectivity index (χ4n) is 2.20. The van der Waals surface area contributed by atoms with Crippen LogP contribution in [-0.4, -0.2) is 30.0 Å². The van der Waals surface area contributed by atoms with Crippen molar-refractivity contribution in [2.24, 2.45) is 0 Å². The largest absolute Gasteiger partial charge is 0.492 e. The van der Waals surface area contributed by atoms with Crippen molar-refractivity contribution < 1.29 is 18.8 Å². The van der Waals surface area contributed by atoms with Gasteiger partial charge in [-0.3, -0.25) is 0 Å². The van der Waals surface area contributed by atoms with Crippen LogP contribution in [0.5, 0.6) is 0 Å². The fourth-order valence-corrected chi connectivity index (χ4v) is 2.20. The van der Waals surface area contributed by atoms with Crippen LogP contribution >= 0.6 is 0 Å². The van der Waals surface area contributed by atoms with Gasteiger partial charge in [-0.1, -0.05) is 18.2 Å². The van der Waals surface area contributed by atoms with Crippen LogP contribution in [0.4, 0.5) is 4.39 Å². The molecule has 0 radical (unpaired) electrons. The van der Waals surface area contributed by atoms with E-state index >= 15 is 0 Å². The summed E-state index contributed by atoms with van der Waals surface area (Å²) in [6.07, 6.45) is 1.62. The van der Waals surface area contributed by atoms with E-state index in [-0.39, 0.29) is 12.4 Å². The molecule has 0 amide bonds. The Kier molecular flexibility index (Phi) is 4.29. The van der Waals surface area contributed by atoms with Gasteiger partial charge in [0.2, 0.25) is 0 Å². The van der Waals surface area contributed by atoms with Crippen molar-refractivity contribution in [1.82, 2.24) is 0 Å². The highest BCUT2D eigenvalue weighted by atomic mass is 19.1. The Morgan fingerprint density at radius 2 is 1.81 bits per heavy atom. The summed E-state index contributed by atoms with van der Waals surface area (Å²) in [5.41, 5.74) is 0.794. The first-order valence-corrected chi connectivity index (χ1v) is 7.10. The topological polar surface area (TPSA) is 38.7 Å². The SMILES string of the molecule is Cc1cccc(F)c1C=C(CO)B1OC(C)(C)C(C)(C)O1. The van der Waals surface area contributed by atoms with Crippen molar-refractivity contribution in [2.45, 2.75) is 45.8 Å². The fraction of sp³-hybridized carbons (Fsp3) is 0.500. The molecule has 0 bridgehead atoms. The molecule has 2 rings (SSSR count). The zero-order valence-electron chi connectivity index (χ0n) is 13.2. The Morgan fingerprint density at radius 3 is 2.29 bits per heavy atom. The average molecular weight is 292 g/mol. The second-order valence-corrected chi connectivity index (χ2v) is 6.44. The molecule has 21 heavy (non-hydrogen) atoms. The highest BCUT2D eigenvalue weighted by Crippen LogP contribution is 2.38. The molecule has 0 unspecified atom stereocenters. The Balaban J connectivity index is 2.36. The third-order valence-corrected chi connectivity index (χ3v) is 4.34. The van der Waals surface area contributed by atoms with E-state index in [4.69, 9.17) is 9.31 Å². The summed E-state index contributed by atoms with van der Waals surface area (Å²) >= 11 is 0. The summed E-state index contributed by atoms with van der Waals surface area (Å²) < 4.78 is 25.7. The van der Waals surface area contributed by atoms with E-state index < -0.39 is 18.3 Å². The summed E-state index contributed by atoms with van der Waals surface area (Å²) in [5, 5.41) is 9.62. The second kappa shape index (κ2) is 5.56. The third kappa shape index (κ3) is 3.05. The number of hydrogen-bond donors (Lipinski definition) is 1. The van der Waals surface area contributed by atoms with Crippen LogP contribution in [-0.2, 0) is 9.31 Å². The van der Waals surface area contributed by atoms with E-state index in [1.54, 1.807) is 12.1 Å². The molecule has 0 aliphatic carbocycles. The number of halogens is 1. The van der Waals surface area contributed by atoms with Gasteiger partial charge in [0.15, 0.2) is 0 Å². The maximum Gasteiger partial charge on any atom is 0.492 e. The van der Waals surface area contributed by atoms with Gasteiger partial charge >= 0.3 is 7.12 Å². The van der Waals surface area contributed by atoms with E-state index in [9.17, 15) is 9.50 Å². The molecule has 5 heteroatoms. The van der Waals surface area contributed by atoms with Gasteiger partial charge in [0.1, 0.15) is 5.82 Å². The number of rotatable bonds is 3. The van der Waals surface area contributed by atoms with Crippen LogP contribution in [0.1, 0.15) is 38.8 Å². The molecule has 1 aromatic carbocycles. The van der Waals surface area contributed by atoms with Gasteiger partial charge in [-0.2, -0.15) is 0 Å². The lowest BCUT2D eigenvalue weighted by atomic mass is 9.77. The predicted molar refractivity (Wildman–Crippen MR) is 82.3 cm³/mol. The lowest BCUT2D eigenvalue weighted by Crippen LogP contribution is -2.41. The Morgan fingerprint density at radius 1 is 1.24 bits per heavy atom. The van der Waals surface area contributed by atoms with Gasteiger partial charge in [-0.25, -0.2) is 4.39 Å². The average Bonchev–Trinajstić information content (AvgIpc) is 2.58. The van der Waals surface area contributed by atoms with Gasteiger partial charge < -0.3 is 14.4 Å². The van der Waals surface area contributed by atoms with Crippen molar-refractivity contribution in [2.75, 3.05) is 6.61 Å². The van der Waals surface area contributed by atoms with Crippen LogP contribution in [0.15, 0.2) is 23.7 Å². The summed E-state index contributed by atoms with van der Waals surface area (Å²) in [6.45, 7) is 9.35. The van der Waals surface area contributed by atoms with Crippen LogP contribution in [0.2, 0.25) is 0 Å². The minimum Gasteiger partial charge on any atom is -0.400 e. The second-order valence-electron chi connectivity index (χ2n) is 6.44. The quantitative estimate of drug-likeness (QED) is 0.870. The van der Waals surface area contributed by atoms with Gasteiger partial charge in [-0.15, -0.1) is 0 Å². The molecule has 0 atom stereocenters. The number of aliphatic hydroxyl groups is 1. The molecule has 0 aromatic heterocycles. The summed E-state index contributed by atoms with van der Waals surface area (Å²) in [6, 6.07) is 4.89. The molecule has 1 aromatic rings. The first kappa shape index (κ1) is 16.2. The zero-order valence-corrected chi connectivity index (χ0v) is 13.2. The molecule has 0 spiro atoms. The summed E-state index contributed by atoms with van der Waals surface area (Å²) in [5.74, 6) is -0.322. The Labute approximate surface area is 125 Å². The van der Waals surface area contributed by atoms with Crippen molar-refractivity contribution in [1.29, 1.82) is 0 Å². The summed E-state index contributed by atoms with van der Waals surface area (Å²) in [7, 11) is -0.668. The lowest BCUT2D eigenvalue weighted by molar-refractivity contribution is 0.00578. The molecule has 1 aliphatic heterocycles. The molecule has 0 saturated carbocycles. The molecule has 1 saturated heterocycles. The number of aryl methyl sites for hydroxylation is 1. The molecular formula is C16H22BFO3. The lowest BCUT2D eigenvalue weighted by Gasteiger charge is -2.32. The highest BCUT2D eigenvalue weighted by molar-refractivity contribution is 6.55. The van der Waals surface area contributed by atoms with Crippen LogP contribution in [0.3, 0.4) is 0 Å². The normalized spacial score (nSPS) is 20.9. The van der Waals surface area contributed by atoms with E-state index in [1.807, 2.05) is 40.7 Å². The molecule has 1 aliphatic rings. The van der Waals surface area contributed by atoms with Gasteiger partial charge in [0.25, 0.3) is 0 Å². The van der Waals surface area contributed by atoms with E-state index in [0.29, 0.717) is 11.0 Å². The molecule has 1 N–H and O–H groups in total. The molecule has 114 valence electrons. The van der Waals surface area contributed by atoms with Crippen molar-refractivity contribution >= 4 is 13.2 Å². The molecular weight excluding hydrogens is 270 g/mol. The van der Waals surface area contributed by atoms with Crippen LogP contribution in [0, 0.1) is 12.7 Å². The smallest absolute Gasteiger partial charge is 0.400 e. The number of benzene rings is 1. The maximum absolute atomic E-state index is 13.9. The van der Waals surface area contributed by atoms with Gasteiger partial charge in [0, 0.05) is 5.56 Å². The van der Waals surface area contributed by atoms with Gasteiger partial charge in [-0.05, 0) is 51.7 Å². The minimum atomic E-state index is -0.668. The maximum atomic E-state index is 13.9. The molecule has 3 nitrogen and oxygen atoms in total. The third-order valence-electron chi connectivity index (χ3n) is 4.34. The van der Waals surface area contributed by atoms with E-state index in [1.165, 1.54) is 6.07 Å². The minimum absolute atomic E-state index is 0.245. The monoisotopic (exact) mass is 292 g/mol. The van der Waals surface area contributed by atoms with Crippen molar-refractivity contribution in [3.8, 4) is 0 Å². The standard InChI is InChI=1S/C16H22BFO3/c1-11-7-6-8-14(18)13(11)9-12(10-19)17-20-15(2,3)16(4,5)21-17/h6-9,19H,10H2,1-5H3. The van der Waals surface area contributed by atoms with Crippen LogP contribution < -0.4 is 0 Å². The van der Waals surface area contributed by atoms with E-state index in [0.717, 1.165) is 5.56 Å². The Bertz CT molecular complexity index is 530.